The molecule has 2 aliphatic rings. The van der Waals surface area contributed by atoms with Gasteiger partial charge >= 0.3 is 0 Å². The largest absolute Gasteiger partial charge is 0.333 e. The fourth-order valence-corrected chi connectivity index (χ4v) is 3.85. The van der Waals surface area contributed by atoms with Gasteiger partial charge in [0.25, 0.3) is 13.0 Å². The highest BCUT2D eigenvalue weighted by Crippen LogP contribution is 2.28. The number of hydrogen-bond donors (Lipinski definition) is 0. The molecule has 0 radical (unpaired) electrons. The number of ether oxygens (including phenoxy) is 6. The third kappa shape index (κ3) is 4.53. The second-order valence-corrected chi connectivity index (χ2v) is 6.35. The van der Waals surface area contributed by atoms with E-state index in [9.17, 15) is 0 Å². The highest BCUT2D eigenvalue weighted by molar-refractivity contribution is 8.76. The molecule has 2 aliphatic heterocycles. The van der Waals surface area contributed by atoms with Crippen LogP contribution in [0.5, 0.6) is 0 Å². The Kier molecular flexibility index (Phi) is 6.53. The van der Waals surface area contributed by atoms with Crippen molar-refractivity contribution in [2.75, 3.05) is 38.9 Å². The maximum atomic E-state index is 5.46. The van der Waals surface area contributed by atoms with Crippen molar-refractivity contribution < 1.29 is 28.4 Å². The molecule has 0 saturated carbocycles. The lowest BCUT2D eigenvalue weighted by molar-refractivity contribution is -0.221. The molecule has 0 aromatic rings. The van der Waals surface area contributed by atoms with E-state index < -0.39 is 13.0 Å². The van der Waals surface area contributed by atoms with Crippen molar-refractivity contribution in [1.29, 1.82) is 0 Å². The molecule has 2 saturated heterocycles. The number of methoxy groups -OCH3 is 2. The molecule has 6 nitrogen and oxygen atoms in total. The quantitative estimate of drug-likeness (QED) is 0.511. The summed E-state index contributed by atoms with van der Waals surface area (Å²) in [5, 5.41) is 0. The molecular weight excluding hydrogens is 280 g/mol. The first-order chi connectivity index (χ1) is 8.81. The van der Waals surface area contributed by atoms with Crippen LogP contribution in [0.2, 0.25) is 0 Å². The minimum absolute atomic E-state index is 0.0971. The molecule has 0 N–H and O–H groups in total. The predicted molar refractivity (Wildman–Crippen MR) is 68.2 cm³/mol. The molecule has 0 aliphatic carbocycles. The summed E-state index contributed by atoms with van der Waals surface area (Å²) in [7, 11) is 6.61. The Morgan fingerprint density at radius 2 is 1.33 bits per heavy atom. The van der Waals surface area contributed by atoms with Crippen LogP contribution in [0.4, 0.5) is 0 Å². The van der Waals surface area contributed by atoms with Gasteiger partial charge in [0.05, 0.1) is 25.4 Å². The summed E-state index contributed by atoms with van der Waals surface area (Å²) in [6.07, 6.45) is 0.194. The average molecular weight is 298 g/mol. The van der Waals surface area contributed by atoms with E-state index in [2.05, 4.69) is 0 Å². The molecule has 8 heteroatoms. The van der Waals surface area contributed by atoms with Crippen LogP contribution in [0, 0.1) is 0 Å². The third-order valence-electron chi connectivity index (χ3n) is 2.42. The fourth-order valence-electron chi connectivity index (χ4n) is 1.51. The van der Waals surface area contributed by atoms with Gasteiger partial charge in [-0.05, 0) is 0 Å². The molecule has 0 bridgehead atoms. The molecule has 2 fully saturated rings. The molecule has 2 rings (SSSR count). The summed E-state index contributed by atoms with van der Waals surface area (Å²) >= 11 is 0. The van der Waals surface area contributed by atoms with Crippen molar-refractivity contribution in [1.82, 2.24) is 0 Å². The Labute approximate surface area is 114 Å². The van der Waals surface area contributed by atoms with Crippen LogP contribution < -0.4 is 0 Å². The maximum Gasteiger partial charge on any atom is 0.271 e. The van der Waals surface area contributed by atoms with Gasteiger partial charge in [-0.3, -0.25) is 0 Å². The first-order valence-electron chi connectivity index (χ1n) is 5.66. The zero-order chi connectivity index (χ0) is 12.8. The standard InChI is InChI=1S/C10H18O6S2/c1-11-9-13-3-7(15-9)5-17-18-6-8-4-14-10(12-2)16-8/h7-10H,3-6H2,1-2H3. The molecule has 18 heavy (non-hydrogen) atoms. The molecule has 2 heterocycles. The second kappa shape index (κ2) is 7.91. The van der Waals surface area contributed by atoms with Gasteiger partial charge in [-0.1, -0.05) is 21.6 Å². The van der Waals surface area contributed by atoms with Crippen molar-refractivity contribution in [3.8, 4) is 0 Å². The molecule has 106 valence electrons. The first kappa shape index (κ1) is 14.9. The second-order valence-electron chi connectivity index (χ2n) is 3.80. The van der Waals surface area contributed by atoms with Crippen molar-refractivity contribution in [3.63, 3.8) is 0 Å². The van der Waals surface area contributed by atoms with Crippen LogP contribution in [-0.4, -0.2) is 64.1 Å². The molecule has 4 atom stereocenters. The molecule has 0 aromatic heterocycles. The highest BCUT2D eigenvalue weighted by atomic mass is 33.1. The van der Waals surface area contributed by atoms with Gasteiger partial charge in [-0.2, -0.15) is 0 Å². The summed E-state index contributed by atoms with van der Waals surface area (Å²) in [4.78, 5) is 0. The Morgan fingerprint density at radius 3 is 1.67 bits per heavy atom. The predicted octanol–water partition coefficient (Wildman–Crippen LogP) is 1.06. The van der Waals surface area contributed by atoms with Crippen LogP contribution in [0.15, 0.2) is 0 Å². The van der Waals surface area contributed by atoms with Crippen LogP contribution >= 0.6 is 21.6 Å². The lowest BCUT2D eigenvalue weighted by Crippen LogP contribution is -2.17. The molecule has 0 spiro atoms. The third-order valence-corrected chi connectivity index (χ3v) is 4.92. The van der Waals surface area contributed by atoms with Gasteiger partial charge in [0, 0.05) is 25.7 Å². The Morgan fingerprint density at radius 1 is 0.889 bits per heavy atom. The summed E-state index contributed by atoms with van der Waals surface area (Å²) < 4.78 is 31.3. The van der Waals surface area contributed by atoms with E-state index in [1.807, 2.05) is 0 Å². The molecule has 0 amide bonds. The topological polar surface area (TPSA) is 55.4 Å². The normalized spacial score (nSPS) is 36.3. The van der Waals surface area contributed by atoms with Gasteiger partial charge in [0.1, 0.15) is 0 Å². The van der Waals surface area contributed by atoms with Crippen LogP contribution in [0.1, 0.15) is 0 Å². The Bertz CT molecular complexity index is 220. The van der Waals surface area contributed by atoms with E-state index in [1.54, 1.807) is 35.8 Å². The minimum atomic E-state index is -0.505. The van der Waals surface area contributed by atoms with Gasteiger partial charge < -0.3 is 28.4 Å². The van der Waals surface area contributed by atoms with Gasteiger partial charge in [0.2, 0.25) is 0 Å². The van der Waals surface area contributed by atoms with E-state index in [1.165, 1.54) is 0 Å². The summed E-state index contributed by atoms with van der Waals surface area (Å²) in [6.45, 7) is 0.158. The minimum Gasteiger partial charge on any atom is -0.333 e. The van der Waals surface area contributed by atoms with Crippen LogP contribution in [0.3, 0.4) is 0 Å². The van der Waals surface area contributed by atoms with Gasteiger partial charge in [-0.25, -0.2) is 0 Å². The maximum absolute atomic E-state index is 5.46. The fraction of sp³-hybridized carbons (Fsp3) is 1.00. The molecule has 0 aromatic carbocycles. The monoisotopic (exact) mass is 298 g/mol. The summed E-state index contributed by atoms with van der Waals surface area (Å²) in [5.74, 6) is 1.73. The highest BCUT2D eigenvalue weighted by Gasteiger charge is 2.27. The first-order valence-corrected chi connectivity index (χ1v) is 8.14. The lowest BCUT2D eigenvalue weighted by Gasteiger charge is -2.10. The van der Waals surface area contributed by atoms with E-state index >= 15 is 0 Å². The van der Waals surface area contributed by atoms with E-state index in [0.29, 0.717) is 13.2 Å². The zero-order valence-electron chi connectivity index (χ0n) is 10.4. The number of rotatable bonds is 7. The Balaban J connectivity index is 1.49. The van der Waals surface area contributed by atoms with Gasteiger partial charge in [0.15, 0.2) is 0 Å². The van der Waals surface area contributed by atoms with Crippen LogP contribution in [-0.2, 0) is 28.4 Å². The lowest BCUT2D eigenvalue weighted by atomic mass is 10.4. The zero-order valence-corrected chi connectivity index (χ0v) is 12.0. The Hall–Kier alpha value is 0.460. The van der Waals surface area contributed by atoms with E-state index in [4.69, 9.17) is 28.4 Å². The summed E-state index contributed by atoms with van der Waals surface area (Å²) in [5.41, 5.74) is 0. The SMILES string of the molecule is COC1OCC(CSSCC2COC(OC)O2)O1. The smallest absolute Gasteiger partial charge is 0.271 e. The van der Waals surface area contributed by atoms with Crippen molar-refractivity contribution >= 4 is 21.6 Å². The average Bonchev–Trinajstić information content (AvgIpc) is 3.03. The molecular formula is C10H18O6S2. The van der Waals surface area contributed by atoms with Crippen molar-refractivity contribution in [2.45, 2.75) is 25.2 Å². The van der Waals surface area contributed by atoms with E-state index in [0.717, 1.165) is 11.5 Å². The van der Waals surface area contributed by atoms with Crippen LogP contribution in [0.25, 0.3) is 0 Å². The van der Waals surface area contributed by atoms with Crippen molar-refractivity contribution in [3.05, 3.63) is 0 Å². The van der Waals surface area contributed by atoms with Crippen molar-refractivity contribution in [2.24, 2.45) is 0 Å². The number of hydrogen-bond acceptors (Lipinski definition) is 8. The molecule has 4 unspecified atom stereocenters. The van der Waals surface area contributed by atoms with Gasteiger partial charge in [-0.15, -0.1) is 0 Å². The summed E-state index contributed by atoms with van der Waals surface area (Å²) in [6, 6.07) is 0. The van der Waals surface area contributed by atoms with E-state index in [-0.39, 0.29) is 12.2 Å².